The van der Waals surface area contributed by atoms with E-state index >= 15 is 0 Å². The summed E-state index contributed by atoms with van der Waals surface area (Å²) in [5.41, 5.74) is 2.69. The van der Waals surface area contributed by atoms with E-state index in [-0.39, 0.29) is 37.1 Å². The fourth-order valence-electron chi connectivity index (χ4n) is 6.56. The number of rotatable bonds is 14. The molecule has 2 N–H and O–H groups in total. The lowest BCUT2D eigenvalue weighted by Crippen LogP contribution is -2.55. The first kappa shape index (κ1) is 35.3. The highest BCUT2D eigenvalue weighted by Crippen LogP contribution is 2.56. The van der Waals surface area contributed by atoms with Gasteiger partial charge in [-0.3, -0.25) is 4.79 Å². The normalized spacial score (nSPS) is 17.7. The van der Waals surface area contributed by atoms with E-state index in [2.05, 4.69) is 0 Å². The first-order chi connectivity index (χ1) is 25.9. The Morgan fingerprint density at radius 2 is 1.15 bits per heavy atom. The van der Waals surface area contributed by atoms with Crippen molar-refractivity contribution in [1.82, 2.24) is 0 Å². The van der Waals surface area contributed by atoms with E-state index in [0.29, 0.717) is 35.0 Å². The standard InChI is InChI=1S/C45H40O8/c1-31(46)45(52-30-35-20-12-5-13-21-35)43(36-22-23-38(47)39(48)24-36)53-41-26-37(49-27-32-14-6-2-7-15-32)25-40(50-28-33-16-8-3-9-17-33)42(41)44(45)51-29-34-18-10-4-11-19-34/h2-26,43-44,47-48H,27-30H2,1H3/t43-,44?,45+/m1/s1. The van der Waals surface area contributed by atoms with Crippen molar-refractivity contribution in [2.45, 2.75) is 51.2 Å². The molecule has 268 valence electrons. The summed E-state index contributed by atoms with van der Waals surface area (Å²) in [6, 6.07) is 46.7. The monoisotopic (exact) mass is 708 g/mol. The maximum Gasteiger partial charge on any atom is 0.197 e. The summed E-state index contributed by atoms with van der Waals surface area (Å²) in [5, 5.41) is 21.0. The van der Waals surface area contributed by atoms with Gasteiger partial charge >= 0.3 is 0 Å². The van der Waals surface area contributed by atoms with Crippen LogP contribution in [0.15, 0.2) is 152 Å². The third-order valence-electron chi connectivity index (χ3n) is 9.28. The molecule has 3 atom stereocenters. The van der Waals surface area contributed by atoms with Crippen LogP contribution in [0.25, 0.3) is 0 Å². The maximum absolute atomic E-state index is 14.5. The molecular weight excluding hydrogens is 668 g/mol. The predicted molar refractivity (Wildman–Crippen MR) is 200 cm³/mol. The Balaban J connectivity index is 1.41. The van der Waals surface area contributed by atoms with Crippen LogP contribution in [0.1, 0.15) is 52.5 Å². The zero-order valence-electron chi connectivity index (χ0n) is 29.3. The molecule has 7 rings (SSSR count). The van der Waals surface area contributed by atoms with Crippen LogP contribution in [0, 0.1) is 0 Å². The van der Waals surface area contributed by atoms with Crippen molar-refractivity contribution in [2.24, 2.45) is 0 Å². The second-order valence-electron chi connectivity index (χ2n) is 12.9. The summed E-state index contributed by atoms with van der Waals surface area (Å²) in [7, 11) is 0. The van der Waals surface area contributed by atoms with Crippen LogP contribution in [0.2, 0.25) is 0 Å². The Kier molecular flexibility index (Phi) is 10.7. The first-order valence-corrected chi connectivity index (χ1v) is 17.4. The highest BCUT2D eigenvalue weighted by Gasteiger charge is 2.59. The van der Waals surface area contributed by atoms with Crippen molar-refractivity contribution in [3.63, 3.8) is 0 Å². The van der Waals surface area contributed by atoms with E-state index in [0.717, 1.165) is 22.3 Å². The molecule has 1 aliphatic heterocycles. The van der Waals surface area contributed by atoms with E-state index in [1.807, 2.05) is 121 Å². The SMILES string of the molecule is CC(=O)[C@@]1(OCc2ccccc2)C(OCc2ccccc2)c2c(OCc3ccccc3)cc(OCc3ccccc3)cc2O[C@@H]1c1ccc(O)c(O)c1. The van der Waals surface area contributed by atoms with Gasteiger partial charge < -0.3 is 33.9 Å². The Labute approximate surface area is 308 Å². The van der Waals surface area contributed by atoms with Gasteiger partial charge in [0.1, 0.15) is 36.6 Å². The van der Waals surface area contributed by atoms with Crippen molar-refractivity contribution in [1.29, 1.82) is 0 Å². The molecule has 0 aliphatic carbocycles. The number of ether oxygens (including phenoxy) is 5. The molecule has 6 aromatic carbocycles. The van der Waals surface area contributed by atoms with Gasteiger partial charge in [0.15, 0.2) is 29.0 Å². The molecule has 53 heavy (non-hydrogen) atoms. The molecule has 0 saturated carbocycles. The molecular formula is C45H40O8. The lowest BCUT2D eigenvalue weighted by Gasteiger charge is -2.48. The molecule has 1 unspecified atom stereocenters. The number of benzene rings is 6. The highest BCUT2D eigenvalue weighted by molar-refractivity contribution is 5.88. The van der Waals surface area contributed by atoms with Crippen LogP contribution in [0.3, 0.4) is 0 Å². The molecule has 6 aromatic rings. The largest absolute Gasteiger partial charge is 0.504 e. The summed E-state index contributed by atoms with van der Waals surface area (Å²) in [4.78, 5) is 14.5. The van der Waals surface area contributed by atoms with E-state index in [9.17, 15) is 15.0 Å². The molecule has 0 spiro atoms. The van der Waals surface area contributed by atoms with E-state index in [1.54, 1.807) is 18.2 Å². The molecule has 1 heterocycles. The van der Waals surface area contributed by atoms with Gasteiger partial charge in [-0.25, -0.2) is 0 Å². The number of carbonyl (C=O) groups excluding carboxylic acids is 1. The van der Waals surface area contributed by atoms with Gasteiger partial charge in [0.05, 0.1) is 18.8 Å². The lowest BCUT2D eigenvalue weighted by atomic mass is 9.76. The zero-order chi connectivity index (χ0) is 36.6. The number of Topliss-reactive ketones (excluding diaryl/α,β-unsaturated/α-hetero) is 1. The van der Waals surface area contributed by atoms with Crippen LogP contribution in [0.5, 0.6) is 28.7 Å². The molecule has 0 saturated heterocycles. The highest BCUT2D eigenvalue weighted by atomic mass is 16.6. The smallest absolute Gasteiger partial charge is 0.197 e. The van der Waals surface area contributed by atoms with Gasteiger partial charge in [-0.1, -0.05) is 127 Å². The van der Waals surface area contributed by atoms with Crippen LogP contribution >= 0.6 is 0 Å². The quantitative estimate of drug-likeness (QED) is 0.108. The van der Waals surface area contributed by atoms with Crippen molar-refractivity contribution in [3.8, 4) is 28.7 Å². The first-order valence-electron chi connectivity index (χ1n) is 17.4. The minimum atomic E-state index is -1.81. The molecule has 0 aromatic heterocycles. The fraction of sp³-hybridized carbons (Fsp3) is 0.178. The zero-order valence-corrected chi connectivity index (χ0v) is 29.3. The third kappa shape index (κ3) is 7.89. The van der Waals surface area contributed by atoms with Gasteiger partial charge in [0.2, 0.25) is 0 Å². The molecule has 0 amide bonds. The molecule has 0 bridgehead atoms. The van der Waals surface area contributed by atoms with Crippen LogP contribution in [-0.2, 0) is 40.7 Å². The number of phenolic OH excluding ortho intramolecular Hbond substituents is 2. The average Bonchev–Trinajstić information content (AvgIpc) is 3.20. The number of ketones is 1. The van der Waals surface area contributed by atoms with E-state index in [1.165, 1.54) is 19.1 Å². The van der Waals surface area contributed by atoms with Gasteiger partial charge in [-0.15, -0.1) is 0 Å². The molecule has 8 nitrogen and oxygen atoms in total. The fourth-order valence-corrected chi connectivity index (χ4v) is 6.56. The van der Waals surface area contributed by atoms with Crippen molar-refractivity contribution in [2.75, 3.05) is 0 Å². The van der Waals surface area contributed by atoms with Crippen LogP contribution < -0.4 is 14.2 Å². The number of hydrogen-bond donors (Lipinski definition) is 2. The van der Waals surface area contributed by atoms with E-state index in [4.69, 9.17) is 23.7 Å². The number of hydrogen-bond acceptors (Lipinski definition) is 8. The second kappa shape index (κ2) is 16.1. The number of phenols is 2. The maximum atomic E-state index is 14.5. The summed E-state index contributed by atoms with van der Waals surface area (Å²) in [5.74, 6) is 0.181. The average molecular weight is 709 g/mol. The molecule has 1 aliphatic rings. The third-order valence-corrected chi connectivity index (χ3v) is 9.28. The van der Waals surface area contributed by atoms with Gasteiger partial charge in [0.25, 0.3) is 0 Å². The summed E-state index contributed by atoms with van der Waals surface area (Å²) >= 11 is 0. The van der Waals surface area contributed by atoms with Crippen LogP contribution in [-0.4, -0.2) is 21.6 Å². The predicted octanol–water partition coefficient (Wildman–Crippen LogP) is 9.19. The topological polar surface area (TPSA) is 104 Å². The Hall–Kier alpha value is -6.09. The number of carbonyl (C=O) groups is 1. The Morgan fingerprint density at radius 3 is 1.70 bits per heavy atom. The molecule has 0 fully saturated rings. The van der Waals surface area contributed by atoms with Gasteiger partial charge in [-0.05, 0) is 46.9 Å². The summed E-state index contributed by atoms with van der Waals surface area (Å²) in [6.45, 7) is 2.13. The summed E-state index contributed by atoms with van der Waals surface area (Å²) < 4.78 is 33.5. The van der Waals surface area contributed by atoms with E-state index < -0.39 is 17.8 Å². The minimum absolute atomic E-state index is 0.0450. The Morgan fingerprint density at radius 1 is 0.623 bits per heavy atom. The van der Waals surface area contributed by atoms with Gasteiger partial charge in [0, 0.05) is 12.1 Å². The number of aromatic hydroxyl groups is 2. The minimum Gasteiger partial charge on any atom is -0.504 e. The van der Waals surface area contributed by atoms with Gasteiger partial charge in [-0.2, -0.15) is 0 Å². The Bertz CT molecular complexity index is 2120. The van der Waals surface area contributed by atoms with Crippen molar-refractivity contribution >= 4 is 5.78 Å². The summed E-state index contributed by atoms with van der Waals surface area (Å²) in [6.07, 6.45) is -2.22. The van der Waals surface area contributed by atoms with Crippen molar-refractivity contribution < 1.29 is 38.7 Å². The number of fused-ring (bicyclic) bond motifs is 1. The van der Waals surface area contributed by atoms with Crippen LogP contribution in [0.4, 0.5) is 0 Å². The molecule has 8 heteroatoms. The second-order valence-corrected chi connectivity index (χ2v) is 12.9. The van der Waals surface area contributed by atoms with Crippen molar-refractivity contribution in [3.05, 3.63) is 185 Å². The molecule has 0 radical (unpaired) electrons. The lowest BCUT2D eigenvalue weighted by molar-refractivity contribution is -0.213.